The molecule has 0 N–H and O–H groups in total. The third kappa shape index (κ3) is 2.79. The number of hydrogen-bond donors (Lipinski definition) is 0. The smallest absolute Gasteiger partial charge is 0.257 e. The van der Waals surface area contributed by atoms with Gasteiger partial charge >= 0.3 is 0 Å². The maximum absolute atomic E-state index is 13.1. The first-order valence-electron chi connectivity index (χ1n) is 8.89. The number of aryl methyl sites for hydroxylation is 2. The third-order valence-corrected chi connectivity index (χ3v) is 5.10. The molecule has 4 rings (SSSR count). The molecular formula is C21H22N4O. The number of pyridine rings is 1. The summed E-state index contributed by atoms with van der Waals surface area (Å²) in [5.74, 6) is 0.758. The van der Waals surface area contributed by atoms with Crippen molar-refractivity contribution in [3.63, 3.8) is 0 Å². The number of amides is 1. The van der Waals surface area contributed by atoms with Gasteiger partial charge in [-0.2, -0.15) is 5.10 Å². The van der Waals surface area contributed by atoms with Crippen LogP contribution in [0, 0.1) is 20.8 Å². The summed E-state index contributed by atoms with van der Waals surface area (Å²) in [6.07, 6.45) is 4.29. The van der Waals surface area contributed by atoms with Gasteiger partial charge in [0.1, 0.15) is 0 Å². The standard InChI is InChI=1S/C21H22N4O/c1-14-10-15(2)18-7-9-24(13-17(18)11-14)21(26)19-12-23-25(16(19)3)20-6-4-5-8-22-20/h4-6,8,10-12H,7,9,13H2,1-3H3. The van der Waals surface area contributed by atoms with Crippen molar-refractivity contribution in [3.8, 4) is 5.82 Å². The zero-order valence-corrected chi connectivity index (χ0v) is 15.4. The molecule has 3 heterocycles. The molecule has 0 spiro atoms. The lowest BCUT2D eigenvalue weighted by molar-refractivity contribution is 0.0733. The minimum absolute atomic E-state index is 0.0366. The molecule has 132 valence electrons. The highest BCUT2D eigenvalue weighted by Gasteiger charge is 2.25. The van der Waals surface area contributed by atoms with Crippen LogP contribution in [-0.4, -0.2) is 32.1 Å². The highest BCUT2D eigenvalue weighted by Crippen LogP contribution is 2.25. The molecule has 1 aliphatic heterocycles. The largest absolute Gasteiger partial charge is 0.334 e. The Bertz CT molecular complexity index is 975. The van der Waals surface area contributed by atoms with Crippen LogP contribution in [-0.2, 0) is 13.0 Å². The van der Waals surface area contributed by atoms with E-state index >= 15 is 0 Å². The Morgan fingerprint density at radius 3 is 2.77 bits per heavy atom. The second-order valence-electron chi connectivity index (χ2n) is 6.94. The lowest BCUT2D eigenvalue weighted by Crippen LogP contribution is -2.36. The molecule has 0 radical (unpaired) electrons. The monoisotopic (exact) mass is 346 g/mol. The van der Waals surface area contributed by atoms with E-state index in [0.29, 0.717) is 12.1 Å². The average Bonchev–Trinajstić information content (AvgIpc) is 3.02. The first-order valence-corrected chi connectivity index (χ1v) is 8.89. The third-order valence-electron chi connectivity index (χ3n) is 5.10. The highest BCUT2D eigenvalue weighted by molar-refractivity contribution is 5.95. The summed E-state index contributed by atoms with van der Waals surface area (Å²) in [7, 11) is 0. The molecule has 2 aromatic heterocycles. The molecule has 1 aromatic carbocycles. The van der Waals surface area contributed by atoms with Crippen LogP contribution < -0.4 is 0 Å². The van der Waals surface area contributed by atoms with E-state index in [4.69, 9.17) is 0 Å². The van der Waals surface area contributed by atoms with Gasteiger partial charge in [-0.05, 0) is 56.0 Å². The number of nitrogens with zero attached hydrogens (tertiary/aromatic N) is 4. The molecule has 0 unspecified atom stereocenters. The SMILES string of the molecule is Cc1cc(C)c2c(c1)CN(C(=O)c1cnn(-c3ccccn3)c1C)CC2. The lowest BCUT2D eigenvalue weighted by Gasteiger charge is -2.30. The quantitative estimate of drug-likeness (QED) is 0.715. The Kier molecular flexibility index (Phi) is 4.07. The molecule has 3 aromatic rings. The summed E-state index contributed by atoms with van der Waals surface area (Å²) in [5, 5.41) is 4.38. The molecule has 0 saturated carbocycles. The van der Waals surface area contributed by atoms with Gasteiger partial charge in [-0.15, -0.1) is 0 Å². The average molecular weight is 346 g/mol. The molecule has 1 aliphatic rings. The molecular weight excluding hydrogens is 324 g/mol. The van der Waals surface area contributed by atoms with Crippen LogP contribution in [0.4, 0.5) is 0 Å². The van der Waals surface area contributed by atoms with Crippen LogP contribution in [0.2, 0.25) is 0 Å². The molecule has 5 nitrogen and oxygen atoms in total. The fourth-order valence-electron chi connectivity index (χ4n) is 3.79. The molecule has 0 aliphatic carbocycles. The summed E-state index contributed by atoms with van der Waals surface area (Å²) < 4.78 is 1.72. The topological polar surface area (TPSA) is 51.0 Å². The molecule has 26 heavy (non-hydrogen) atoms. The number of carbonyl (C=O) groups excluding carboxylic acids is 1. The summed E-state index contributed by atoms with van der Waals surface area (Å²) in [6, 6.07) is 10.1. The van der Waals surface area contributed by atoms with Crippen LogP contribution in [0.15, 0.2) is 42.7 Å². The molecule has 5 heteroatoms. The Labute approximate surface area is 153 Å². The number of hydrogen-bond acceptors (Lipinski definition) is 3. The molecule has 0 bridgehead atoms. The van der Waals surface area contributed by atoms with Gasteiger partial charge in [-0.25, -0.2) is 9.67 Å². The Morgan fingerprint density at radius 2 is 2.00 bits per heavy atom. The van der Waals surface area contributed by atoms with Gasteiger partial charge in [0.15, 0.2) is 5.82 Å². The predicted molar refractivity (Wildman–Crippen MR) is 100 cm³/mol. The van der Waals surface area contributed by atoms with E-state index in [2.05, 4.69) is 36.1 Å². The minimum Gasteiger partial charge on any atom is -0.334 e. The number of fused-ring (bicyclic) bond motifs is 1. The second-order valence-corrected chi connectivity index (χ2v) is 6.94. The zero-order chi connectivity index (χ0) is 18.3. The molecule has 1 amide bonds. The summed E-state index contributed by atoms with van der Waals surface area (Å²) in [5.41, 5.74) is 6.68. The number of aromatic nitrogens is 3. The van der Waals surface area contributed by atoms with Crippen LogP contribution in [0.1, 0.15) is 38.3 Å². The van der Waals surface area contributed by atoms with E-state index < -0.39 is 0 Å². The Hall–Kier alpha value is -2.95. The van der Waals surface area contributed by atoms with Gasteiger partial charge < -0.3 is 4.90 Å². The van der Waals surface area contributed by atoms with Crippen molar-refractivity contribution in [1.82, 2.24) is 19.7 Å². The first-order chi connectivity index (χ1) is 12.5. The maximum atomic E-state index is 13.1. The van der Waals surface area contributed by atoms with Gasteiger partial charge in [0.05, 0.1) is 17.5 Å². The van der Waals surface area contributed by atoms with E-state index in [1.165, 1.54) is 22.3 Å². The molecule has 0 fully saturated rings. The normalized spacial score (nSPS) is 13.6. The molecule has 0 atom stereocenters. The maximum Gasteiger partial charge on any atom is 0.257 e. The van der Waals surface area contributed by atoms with E-state index in [9.17, 15) is 4.79 Å². The highest BCUT2D eigenvalue weighted by atomic mass is 16.2. The van der Waals surface area contributed by atoms with Crippen LogP contribution >= 0.6 is 0 Å². The lowest BCUT2D eigenvalue weighted by atomic mass is 9.93. The van der Waals surface area contributed by atoms with Gasteiger partial charge in [-0.1, -0.05) is 23.8 Å². The van der Waals surface area contributed by atoms with Crippen LogP contribution in [0.3, 0.4) is 0 Å². The van der Waals surface area contributed by atoms with Crippen LogP contribution in [0.5, 0.6) is 0 Å². The van der Waals surface area contributed by atoms with Crippen molar-refractivity contribution in [3.05, 3.63) is 76.2 Å². The van der Waals surface area contributed by atoms with Crippen molar-refractivity contribution >= 4 is 5.91 Å². The number of carbonyl (C=O) groups is 1. The Balaban J connectivity index is 1.62. The minimum atomic E-state index is 0.0366. The van der Waals surface area contributed by atoms with Crippen molar-refractivity contribution in [2.45, 2.75) is 33.7 Å². The van der Waals surface area contributed by atoms with Gasteiger partial charge in [-0.3, -0.25) is 4.79 Å². The summed E-state index contributed by atoms with van der Waals surface area (Å²) in [6.45, 7) is 7.58. The van der Waals surface area contributed by atoms with Crippen molar-refractivity contribution < 1.29 is 4.79 Å². The summed E-state index contributed by atoms with van der Waals surface area (Å²) in [4.78, 5) is 19.3. The first kappa shape index (κ1) is 16.5. The molecule has 0 saturated heterocycles. The number of benzene rings is 1. The second kappa shape index (κ2) is 6.41. The van der Waals surface area contributed by atoms with E-state index in [1.807, 2.05) is 30.0 Å². The van der Waals surface area contributed by atoms with Gasteiger partial charge in [0.25, 0.3) is 5.91 Å². The zero-order valence-electron chi connectivity index (χ0n) is 15.4. The van der Waals surface area contributed by atoms with Gasteiger partial charge in [0, 0.05) is 19.3 Å². The fourth-order valence-corrected chi connectivity index (χ4v) is 3.79. The van der Waals surface area contributed by atoms with Crippen molar-refractivity contribution in [2.75, 3.05) is 6.54 Å². The van der Waals surface area contributed by atoms with E-state index in [0.717, 1.165) is 24.5 Å². The number of rotatable bonds is 2. The fraction of sp³-hybridized carbons (Fsp3) is 0.286. The van der Waals surface area contributed by atoms with Gasteiger partial charge in [0.2, 0.25) is 0 Å². The predicted octanol–water partition coefficient (Wildman–Crippen LogP) is 3.39. The van der Waals surface area contributed by atoms with E-state index in [1.54, 1.807) is 17.1 Å². The Morgan fingerprint density at radius 1 is 1.15 bits per heavy atom. The van der Waals surface area contributed by atoms with Crippen molar-refractivity contribution in [1.29, 1.82) is 0 Å². The van der Waals surface area contributed by atoms with E-state index in [-0.39, 0.29) is 5.91 Å². The van der Waals surface area contributed by atoms with Crippen molar-refractivity contribution in [2.24, 2.45) is 0 Å². The van der Waals surface area contributed by atoms with Crippen LogP contribution in [0.25, 0.3) is 5.82 Å². The summed E-state index contributed by atoms with van der Waals surface area (Å²) >= 11 is 0.